The first-order chi connectivity index (χ1) is 8.49. The molecule has 18 heavy (non-hydrogen) atoms. The lowest BCUT2D eigenvalue weighted by Gasteiger charge is -2.04. The molecule has 0 aliphatic rings. The fraction of sp³-hybridized carbons (Fsp3) is 0.308. The molecule has 0 heterocycles. The lowest BCUT2D eigenvalue weighted by Crippen LogP contribution is -2.25. The van der Waals surface area contributed by atoms with Gasteiger partial charge in [-0.25, -0.2) is 0 Å². The van der Waals surface area contributed by atoms with E-state index in [1.807, 2.05) is 13.8 Å². The molecule has 0 unspecified atom stereocenters. The Kier molecular flexibility index (Phi) is 5.05. The summed E-state index contributed by atoms with van der Waals surface area (Å²) in [4.78, 5) is 21.4. The van der Waals surface area contributed by atoms with E-state index in [2.05, 4.69) is 5.32 Å². The Labute approximate surface area is 106 Å². The van der Waals surface area contributed by atoms with Crippen molar-refractivity contribution in [3.63, 3.8) is 0 Å². The van der Waals surface area contributed by atoms with Crippen LogP contribution in [0.1, 0.15) is 19.4 Å². The Morgan fingerprint density at radius 3 is 2.50 bits per heavy atom. The van der Waals surface area contributed by atoms with Crippen molar-refractivity contribution < 1.29 is 9.72 Å². The molecule has 0 spiro atoms. The van der Waals surface area contributed by atoms with Crippen LogP contribution in [-0.4, -0.2) is 17.4 Å². The fourth-order valence-electron chi connectivity index (χ4n) is 1.24. The number of nitrogens with one attached hydrogen (secondary N) is 1. The van der Waals surface area contributed by atoms with E-state index in [9.17, 15) is 14.9 Å². The minimum Gasteiger partial charge on any atom is -0.352 e. The highest BCUT2D eigenvalue weighted by molar-refractivity contribution is 5.91. The number of nitrogens with zero attached hydrogens (tertiary/aromatic N) is 1. The molecule has 0 radical (unpaired) electrons. The molecule has 0 fully saturated rings. The van der Waals surface area contributed by atoms with Crippen molar-refractivity contribution >= 4 is 17.7 Å². The molecule has 0 atom stereocenters. The highest BCUT2D eigenvalue weighted by atomic mass is 16.6. The average Bonchev–Trinajstić information content (AvgIpc) is 2.34. The van der Waals surface area contributed by atoms with Crippen molar-refractivity contribution in [2.75, 3.05) is 6.54 Å². The molecule has 5 nitrogen and oxygen atoms in total. The van der Waals surface area contributed by atoms with Gasteiger partial charge in [-0.3, -0.25) is 14.9 Å². The number of carbonyl (C=O) groups excluding carboxylic acids is 1. The van der Waals surface area contributed by atoms with Gasteiger partial charge in [0.15, 0.2) is 0 Å². The number of benzene rings is 1. The van der Waals surface area contributed by atoms with Gasteiger partial charge < -0.3 is 5.32 Å². The molecule has 0 saturated heterocycles. The zero-order valence-electron chi connectivity index (χ0n) is 10.4. The highest BCUT2D eigenvalue weighted by Gasteiger charge is 2.02. The van der Waals surface area contributed by atoms with Gasteiger partial charge in [-0.15, -0.1) is 0 Å². The third-order valence-corrected chi connectivity index (χ3v) is 2.22. The van der Waals surface area contributed by atoms with Crippen molar-refractivity contribution in [1.82, 2.24) is 5.32 Å². The number of amides is 1. The summed E-state index contributed by atoms with van der Waals surface area (Å²) >= 11 is 0. The van der Waals surface area contributed by atoms with Gasteiger partial charge in [-0.1, -0.05) is 13.8 Å². The van der Waals surface area contributed by atoms with Crippen molar-refractivity contribution in [1.29, 1.82) is 0 Å². The predicted molar refractivity (Wildman–Crippen MR) is 70.0 cm³/mol. The van der Waals surface area contributed by atoms with Gasteiger partial charge >= 0.3 is 0 Å². The molecule has 1 rings (SSSR count). The molecule has 0 aromatic heterocycles. The molecule has 5 heteroatoms. The Bertz CT molecular complexity index is 450. The molecule has 1 aromatic carbocycles. The van der Waals surface area contributed by atoms with Gasteiger partial charge in [0.2, 0.25) is 5.91 Å². The Balaban J connectivity index is 2.56. The van der Waals surface area contributed by atoms with Gasteiger partial charge in [-0.05, 0) is 29.7 Å². The van der Waals surface area contributed by atoms with Gasteiger partial charge in [0, 0.05) is 24.8 Å². The van der Waals surface area contributed by atoms with E-state index in [4.69, 9.17) is 0 Å². The Morgan fingerprint density at radius 2 is 2.00 bits per heavy atom. The number of hydrogen-bond donors (Lipinski definition) is 1. The van der Waals surface area contributed by atoms with Gasteiger partial charge in [-0.2, -0.15) is 0 Å². The van der Waals surface area contributed by atoms with Gasteiger partial charge in [0.05, 0.1) is 4.92 Å². The second-order valence-electron chi connectivity index (χ2n) is 4.32. The van der Waals surface area contributed by atoms with Crippen LogP contribution >= 0.6 is 0 Å². The van der Waals surface area contributed by atoms with Crippen LogP contribution in [0.3, 0.4) is 0 Å². The van der Waals surface area contributed by atoms with Crippen LogP contribution in [0.25, 0.3) is 6.08 Å². The summed E-state index contributed by atoms with van der Waals surface area (Å²) in [6.45, 7) is 4.66. The molecule has 0 bridgehead atoms. The number of nitro groups is 1. The number of non-ortho nitro benzene ring substituents is 1. The van der Waals surface area contributed by atoms with E-state index >= 15 is 0 Å². The summed E-state index contributed by atoms with van der Waals surface area (Å²) in [5.74, 6) is 0.240. The fourth-order valence-corrected chi connectivity index (χ4v) is 1.24. The largest absolute Gasteiger partial charge is 0.352 e. The zero-order chi connectivity index (χ0) is 13.5. The quantitative estimate of drug-likeness (QED) is 0.494. The monoisotopic (exact) mass is 248 g/mol. The second kappa shape index (κ2) is 6.54. The molecular weight excluding hydrogens is 232 g/mol. The number of rotatable bonds is 5. The first kappa shape index (κ1) is 13.9. The lowest BCUT2D eigenvalue weighted by atomic mass is 10.2. The first-order valence-corrected chi connectivity index (χ1v) is 5.69. The van der Waals surface area contributed by atoms with Crippen molar-refractivity contribution in [3.8, 4) is 0 Å². The molecule has 1 amide bonds. The number of carbonyl (C=O) groups is 1. The van der Waals surface area contributed by atoms with Crippen LogP contribution in [-0.2, 0) is 4.79 Å². The number of nitro benzene ring substituents is 1. The third kappa shape index (κ3) is 4.78. The maximum Gasteiger partial charge on any atom is 0.269 e. The SMILES string of the molecule is CC(C)CNC(=O)C=Cc1ccc([N+](=O)[O-])cc1. The van der Waals surface area contributed by atoms with E-state index in [0.29, 0.717) is 12.5 Å². The smallest absolute Gasteiger partial charge is 0.269 e. The highest BCUT2D eigenvalue weighted by Crippen LogP contribution is 2.12. The summed E-state index contributed by atoms with van der Waals surface area (Å²) in [7, 11) is 0. The maximum absolute atomic E-state index is 11.4. The van der Waals surface area contributed by atoms with E-state index < -0.39 is 4.92 Å². The number of hydrogen-bond acceptors (Lipinski definition) is 3. The minimum atomic E-state index is -0.456. The zero-order valence-corrected chi connectivity index (χ0v) is 10.4. The van der Waals surface area contributed by atoms with Crippen molar-refractivity contribution in [3.05, 3.63) is 46.0 Å². The van der Waals surface area contributed by atoms with Crippen LogP contribution in [0.2, 0.25) is 0 Å². The van der Waals surface area contributed by atoms with Crippen LogP contribution in [0.15, 0.2) is 30.3 Å². The molecular formula is C13H16N2O3. The third-order valence-electron chi connectivity index (χ3n) is 2.22. The summed E-state index contributed by atoms with van der Waals surface area (Å²) in [6, 6.07) is 6.02. The topological polar surface area (TPSA) is 72.2 Å². The van der Waals surface area contributed by atoms with E-state index in [0.717, 1.165) is 5.56 Å². The standard InChI is InChI=1S/C13H16N2O3/c1-10(2)9-14-13(16)8-5-11-3-6-12(7-4-11)15(17)18/h3-8,10H,9H2,1-2H3,(H,14,16). The first-order valence-electron chi connectivity index (χ1n) is 5.69. The Morgan fingerprint density at radius 1 is 1.39 bits per heavy atom. The van der Waals surface area contributed by atoms with Gasteiger partial charge in [0.1, 0.15) is 0 Å². The lowest BCUT2D eigenvalue weighted by molar-refractivity contribution is -0.384. The Hall–Kier alpha value is -2.17. The normalized spacial score (nSPS) is 10.8. The van der Waals surface area contributed by atoms with E-state index in [1.165, 1.54) is 18.2 Å². The van der Waals surface area contributed by atoms with Crippen molar-refractivity contribution in [2.45, 2.75) is 13.8 Å². The molecule has 0 aliphatic heterocycles. The maximum atomic E-state index is 11.4. The molecule has 1 aromatic rings. The van der Waals surface area contributed by atoms with Gasteiger partial charge in [0.25, 0.3) is 5.69 Å². The minimum absolute atomic E-state index is 0.0383. The molecule has 96 valence electrons. The average molecular weight is 248 g/mol. The predicted octanol–water partition coefficient (Wildman–Crippen LogP) is 2.38. The van der Waals surface area contributed by atoms with E-state index in [-0.39, 0.29) is 11.6 Å². The van der Waals surface area contributed by atoms with E-state index in [1.54, 1.807) is 18.2 Å². The van der Waals surface area contributed by atoms with Crippen molar-refractivity contribution in [2.24, 2.45) is 5.92 Å². The van der Waals surface area contributed by atoms with Crippen LogP contribution in [0.5, 0.6) is 0 Å². The molecule has 1 N–H and O–H groups in total. The molecule has 0 saturated carbocycles. The summed E-state index contributed by atoms with van der Waals surface area (Å²) in [5.41, 5.74) is 0.789. The summed E-state index contributed by atoms with van der Waals surface area (Å²) in [5, 5.41) is 13.2. The van der Waals surface area contributed by atoms with Crippen LogP contribution < -0.4 is 5.32 Å². The molecule has 0 aliphatic carbocycles. The summed E-state index contributed by atoms with van der Waals surface area (Å²) in [6.07, 6.45) is 3.04. The summed E-state index contributed by atoms with van der Waals surface area (Å²) < 4.78 is 0. The van der Waals surface area contributed by atoms with Crippen LogP contribution in [0, 0.1) is 16.0 Å². The van der Waals surface area contributed by atoms with Crippen LogP contribution in [0.4, 0.5) is 5.69 Å². The second-order valence-corrected chi connectivity index (χ2v) is 4.32.